The average Bonchev–Trinajstić information content (AvgIpc) is 3.66. The largest absolute Gasteiger partial charge is 0.481 e. The van der Waals surface area contributed by atoms with Gasteiger partial charge in [0, 0.05) is 13.0 Å². The van der Waals surface area contributed by atoms with Crippen LogP contribution in [0.5, 0.6) is 0 Å². The Hall–Kier alpha value is -6.12. The number of nitrogens with one attached hydrogen (secondary N) is 5. The molecule has 21 heteroatoms. The second kappa shape index (κ2) is 23.3. The van der Waals surface area contributed by atoms with Crippen molar-refractivity contribution in [2.24, 2.45) is 23.3 Å². The number of amides is 7. The maximum atomic E-state index is 14.1. The predicted molar refractivity (Wildman–Crippen MR) is 207 cm³/mol. The van der Waals surface area contributed by atoms with E-state index in [2.05, 4.69) is 26.6 Å². The molecular formula is C38H56N8O13. The van der Waals surface area contributed by atoms with Crippen molar-refractivity contribution in [3.8, 4) is 0 Å². The fraction of sp³-hybridized carbons (Fsp3) is 0.579. The number of carboxylic acid groups (broad SMARTS) is 3. The summed E-state index contributed by atoms with van der Waals surface area (Å²) in [7, 11) is 0. The molecule has 1 aromatic rings. The highest BCUT2D eigenvalue weighted by molar-refractivity contribution is 5.98. The van der Waals surface area contributed by atoms with Crippen LogP contribution in [0, 0.1) is 11.8 Å². The minimum Gasteiger partial charge on any atom is -0.481 e. The first-order valence-corrected chi connectivity index (χ1v) is 19.2. The zero-order valence-corrected chi connectivity index (χ0v) is 33.5. The molecule has 1 fully saturated rings. The van der Waals surface area contributed by atoms with E-state index >= 15 is 0 Å². The lowest BCUT2D eigenvalue weighted by Crippen LogP contribution is -2.61. The van der Waals surface area contributed by atoms with Crippen LogP contribution in [0.4, 0.5) is 0 Å². The van der Waals surface area contributed by atoms with Crippen molar-refractivity contribution < 1.29 is 63.3 Å². The van der Waals surface area contributed by atoms with E-state index < -0.39 is 139 Å². The number of likely N-dealkylation sites (tertiary alicyclic amines) is 1. The summed E-state index contributed by atoms with van der Waals surface area (Å²) in [6.07, 6.45) is -1.93. The van der Waals surface area contributed by atoms with Crippen LogP contribution in [0.15, 0.2) is 30.3 Å². The molecule has 1 aromatic carbocycles. The molecule has 0 aromatic heterocycles. The highest BCUT2D eigenvalue weighted by atomic mass is 16.4. The van der Waals surface area contributed by atoms with Crippen LogP contribution in [0.1, 0.15) is 78.2 Å². The van der Waals surface area contributed by atoms with Crippen LogP contribution in [-0.2, 0) is 54.4 Å². The highest BCUT2D eigenvalue weighted by Gasteiger charge is 2.42. The lowest BCUT2D eigenvalue weighted by Gasteiger charge is -2.33. The van der Waals surface area contributed by atoms with Gasteiger partial charge in [0.1, 0.15) is 36.3 Å². The SMILES string of the molecule is CCC(C)C(NC(=O)C(CC(=O)O)NC(=O)C(NC(=O)C(N)Cc1ccccc1)C(C)C)C(=O)N1CCCC1C(=O)NC(CCC(=O)O)C(=O)NC(CC(N)=O)C(=O)O. The Morgan fingerprint density at radius 2 is 1.34 bits per heavy atom. The quantitative estimate of drug-likeness (QED) is 0.0538. The zero-order valence-electron chi connectivity index (χ0n) is 33.5. The molecule has 8 atom stereocenters. The molecule has 0 aliphatic carbocycles. The number of nitrogens with zero attached hydrogens (tertiary/aromatic N) is 1. The van der Waals surface area contributed by atoms with Gasteiger partial charge in [-0.3, -0.25) is 43.2 Å². The third kappa shape index (κ3) is 15.6. The van der Waals surface area contributed by atoms with E-state index in [0.29, 0.717) is 12.8 Å². The van der Waals surface area contributed by atoms with Gasteiger partial charge in [-0.05, 0) is 43.1 Å². The first-order chi connectivity index (χ1) is 27.7. The summed E-state index contributed by atoms with van der Waals surface area (Å²) in [5.74, 6) is -11.9. The average molecular weight is 833 g/mol. The molecule has 1 aliphatic heterocycles. The molecule has 7 amide bonds. The summed E-state index contributed by atoms with van der Waals surface area (Å²) >= 11 is 0. The Kier molecular flexibility index (Phi) is 19.4. The second-order valence-electron chi connectivity index (χ2n) is 14.8. The lowest BCUT2D eigenvalue weighted by atomic mass is 9.96. The molecule has 1 saturated heterocycles. The monoisotopic (exact) mass is 832 g/mol. The Balaban J connectivity index is 2.28. The topological polar surface area (TPSA) is 347 Å². The van der Waals surface area contributed by atoms with Crippen molar-refractivity contribution in [3.05, 3.63) is 35.9 Å². The van der Waals surface area contributed by atoms with Crippen molar-refractivity contribution in [1.82, 2.24) is 31.5 Å². The van der Waals surface area contributed by atoms with Gasteiger partial charge in [0.2, 0.25) is 41.4 Å². The van der Waals surface area contributed by atoms with E-state index in [1.165, 1.54) is 0 Å². The molecule has 2 rings (SSSR count). The zero-order chi connectivity index (χ0) is 44.6. The number of aliphatic carboxylic acids is 3. The van der Waals surface area contributed by atoms with Crippen molar-refractivity contribution in [1.29, 1.82) is 0 Å². The van der Waals surface area contributed by atoms with Crippen molar-refractivity contribution >= 4 is 59.3 Å². The Morgan fingerprint density at radius 1 is 0.746 bits per heavy atom. The molecule has 8 unspecified atom stereocenters. The molecule has 326 valence electrons. The molecule has 59 heavy (non-hydrogen) atoms. The van der Waals surface area contributed by atoms with E-state index in [1.54, 1.807) is 58.0 Å². The van der Waals surface area contributed by atoms with Crippen LogP contribution < -0.4 is 38.1 Å². The molecule has 12 N–H and O–H groups in total. The normalized spacial score (nSPS) is 17.2. The first kappa shape index (κ1) is 49.0. The summed E-state index contributed by atoms with van der Waals surface area (Å²) in [6, 6.07) is -1.02. The van der Waals surface area contributed by atoms with Gasteiger partial charge in [0.25, 0.3) is 0 Å². The van der Waals surface area contributed by atoms with Gasteiger partial charge >= 0.3 is 17.9 Å². The number of carbonyl (C=O) groups is 10. The van der Waals surface area contributed by atoms with E-state index in [-0.39, 0.29) is 19.4 Å². The Labute approximate surface area is 340 Å². The van der Waals surface area contributed by atoms with E-state index in [4.69, 9.17) is 11.5 Å². The van der Waals surface area contributed by atoms with Gasteiger partial charge in [-0.15, -0.1) is 0 Å². The molecular weight excluding hydrogens is 776 g/mol. The van der Waals surface area contributed by atoms with E-state index in [0.717, 1.165) is 10.5 Å². The Morgan fingerprint density at radius 3 is 1.88 bits per heavy atom. The summed E-state index contributed by atoms with van der Waals surface area (Å²) < 4.78 is 0. The maximum Gasteiger partial charge on any atom is 0.326 e. The van der Waals surface area contributed by atoms with Gasteiger partial charge in [-0.1, -0.05) is 64.4 Å². The number of benzene rings is 1. The molecule has 0 spiro atoms. The van der Waals surface area contributed by atoms with E-state index in [1.807, 2.05) is 0 Å². The molecule has 0 radical (unpaired) electrons. The first-order valence-electron chi connectivity index (χ1n) is 19.2. The minimum absolute atomic E-state index is 0.0167. The molecule has 1 heterocycles. The number of hydrogen-bond acceptors (Lipinski definition) is 11. The molecule has 21 nitrogen and oxygen atoms in total. The molecule has 1 aliphatic rings. The number of nitrogens with two attached hydrogens (primary N) is 2. The second-order valence-corrected chi connectivity index (χ2v) is 14.8. The van der Waals surface area contributed by atoms with Crippen LogP contribution in [0.25, 0.3) is 0 Å². The van der Waals surface area contributed by atoms with Gasteiger partial charge in [0.05, 0.1) is 18.9 Å². The summed E-state index contributed by atoms with van der Waals surface area (Å²) in [5, 5.41) is 40.2. The number of rotatable bonds is 24. The van der Waals surface area contributed by atoms with Crippen molar-refractivity contribution in [2.45, 2.75) is 121 Å². The standard InChI is InChI=1S/C38H56N8O13/c1-5-20(4)31(37(57)46-15-9-12-26(46)35(55)41-23(13-14-28(48)49)33(53)43-25(38(58)59)17-27(40)47)45-34(54)24(18-29(50)51)42-36(56)30(19(2)3)44-32(52)22(39)16-21-10-7-6-8-11-21/h6-8,10-11,19-20,22-26,30-31H,5,9,12-18,39H2,1-4H3,(H2,40,47)(H,41,55)(H,42,56)(H,43,53)(H,44,52)(H,45,54)(H,48,49)(H,50,51)(H,58,59). The highest BCUT2D eigenvalue weighted by Crippen LogP contribution is 2.22. The lowest BCUT2D eigenvalue weighted by molar-refractivity contribution is -0.145. The third-order valence-corrected chi connectivity index (χ3v) is 9.81. The molecule has 0 saturated carbocycles. The van der Waals surface area contributed by atoms with Crippen LogP contribution in [-0.4, -0.2) is 128 Å². The number of carbonyl (C=O) groups excluding carboxylic acids is 7. The van der Waals surface area contributed by atoms with Crippen molar-refractivity contribution in [2.75, 3.05) is 6.54 Å². The maximum absolute atomic E-state index is 14.1. The van der Waals surface area contributed by atoms with Crippen LogP contribution in [0.3, 0.4) is 0 Å². The summed E-state index contributed by atoms with van der Waals surface area (Å²) in [5.41, 5.74) is 12.0. The van der Waals surface area contributed by atoms with E-state index in [9.17, 15) is 63.3 Å². The predicted octanol–water partition coefficient (Wildman–Crippen LogP) is -2.03. The van der Waals surface area contributed by atoms with Crippen LogP contribution >= 0.6 is 0 Å². The minimum atomic E-state index is -1.78. The Bertz CT molecular complexity index is 1710. The fourth-order valence-corrected chi connectivity index (χ4v) is 6.30. The van der Waals surface area contributed by atoms with Gasteiger partial charge in [0.15, 0.2) is 0 Å². The van der Waals surface area contributed by atoms with Gasteiger partial charge < -0.3 is 58.3 Å². The molecule has 0 bridgehead atoms. The summed E-state index contributed by atoms with van der Waals surface area (Å²) in [4.78, 5) is 128. The summed E-state index contributed by atoms with van der Waals surface area (Å²) in [6.45, 7) is 6.60. The third-order valence-electron chi connectivity index (χ3n) is 9.81. The fourth-order valence-electron chi connectivity index (χ4n) is 6.30. The van der Waals surface area contributed by atoms with Crippen molar-refractivity contribution in [3.63, 3.8) is 0 Å². The smallest absolute Gasteiger partial charge is 0.326 e. The number of hydrogen-bond donors (Lipinski definition) is 10. The number of carboxylic acids is 3. The van der Waals surface area contributed by atoms with Crippen LogP contribution in [0.2, 0.25) is 0 Å². The number of primary amides is 1. The van der Waals surface area contributed by atoms with Gasteiger partial charge in [-0.25, -0.2) is 4.79 Å². The van der Waals surface area contributed by atoms with Gasteiger partial charge in [-0.2, -0.15) is 0 Å².